The number of rotatable bonds is 9. The lowest BCUT2D eigenvalue weighted by Gasteiger charge is -2.28. The van der Waals surface area contributed by atoms with Crippen molar-refractivity contribution in [1.29, 1.82) is 0 Å². The molecule has 1 aromatic carbocycles. The molecule has 14 nitrogen and oxygen atoms in total. The maximum atomic E-state index is 14.3. The molecule has 5 atom stereocenters. The number of benzene rings is 1. The molecule has 2 aliphatic heterocycles. The number of fused-ring (bicyclic) bond motifs is 3. The summed E-state index contributed by atoms with van der Waals surface area (Å²) < 4.78 is 45.5. The molecule has 2 saturated carbocycles. The van der Waals surface area contributed by atoms with Crippen LogP contribution in [0.2, 0.25) is 0 Å². The second-order valence-corrected chi connectivity index (χ2v) is 17.1. The van der Waals surface area contributed by atoms with Gasteiger partial charge in [0.2, 0.25) is 33.8 Å². The molecule has 0 unspecified atom stereocenters. The zero-order valence-electron chi connectivity index (χ0n) is 30.3. The molecule has 1 aromatic heterocycles. The van der Waals surface area contributed by atoms with Crippen molar-refractivity contribution in [2.75, 3.05) is 13.7 Å². The summed E-state index contributed by atoms with van der Waals surface area (Å²) in [4.78, 5) is 63.5. The molecule has 52 heavy (non-hydrogen) atoms. The second kappa shape index (κ2) is 14.5. The van der Waals surface area contributed by atoms with Crippen LogP contribution in [0.15, 0.2) is 35.3 Å². The van der Waals surface area contributed by atoms with Crippen LogP contribution in [0.25, 0.3) is 10.9 Å². The Hall–Kier alpha value is -4.49. The summed E-state index contributed by atoms with van der Waals surface area (Å²) in [5.74, 6) is -1.00. The van der Waals surface area contributed by atoms with Crippen molar-refractivity contribution < 1.29 is 41.8 Å². The van der Waals surface area contributed by atoms with Gasteiger partial charge in [-0.3, -0.25) is 19.1 Å². The van der Waals surface area contributed by atoms with E-state index < -0.39 is 62.1 Å². The van der Waals surface area contributed by atoms with Crippen molar-refractivity contribution in [2.45, 2.75) is 120 Å². The quantitative estimate of drug-likeness (QED) is 0.218. The van der Waals surface area contributed by atoms with E-state index in [0.29, 0.717) is 60.4 Å². The highest BCUT2D eigenvalue weighted by atomic mass is 32.2. The number of hydrogen-bond donors (Lipinski definition) is 2. The van der Waals surface area contributed by atoms with Crippen molar-refractivity contribution in [3.05, 3.63) is 35.9 Å². The zero-order valence-corrected chi connectivity index (χ0v) is 31.1. The molecule has 1 saturated heterocycles. The molecule has 3 heterocycles. The number of carbonyl (C=O) groups is 3. The molecule has 6 rings (SSSR count). The van der Waals surface area contributed by atoms with Crippen molar-refractivity contribution in [3.8, 4) is 17.4 Å². The standard InChI is InChI=1S/C37H47N5O9S/c1-22(2)50-31-18-30(26-13-14-29(49-5)23(3)32(26)39-31)51-25-17-28-33(44)40-37(35(46)41-52(47,48)36(4)15-16-36)19-24(37)11-9-7-6-8-10-12-27(38-21-43)34(45)42(28)20-25/h9,11,13-14,18,22,24-25,27-28H,6-8,10,12,15-17,19-20H2,1-5H3,(H,40,44)(H,41,46)/t24-,25-,27+,28+,37-/m1/s1. The fourth-order valence-corrected chi connectivity index (χ4v) is 8.45. The summed E-state index contributed by atoms with van der Waals surface area (Å²) in [5, 5.41) is 3.54. The number of aliphatic imine (C=N–C) groups is 1. The number of carbonyl (C=O) groups excluding carboxylic acids is 4. The molecule has 4 aliphatic rings. The number of hydrogen-bond acceptors (Lipinski definition) is 11. The zero-order chi connectivity index (χ0) is 37.4. The number of amides is 3. The van der Waals surface area contributed by atoms with E-state index in [4.69, 9.17) is 19.2 Å². The van der Waals surface area contributed by atoms with Gasteiger partial charge in [-0.25, -0.2) is 18.2 Å². The third-order valence-electron chi connectivity index (χ3n) is 10.6. The molecule has 2 aliphatic carbocycles. The first-order valence-electron chi connectivity index (χ1n) is 18.0. The van der Waals surface area contributed by atoms with E-state index in [1.807, 2.05) is 45.1 Å². The minimum Gasteiger partial charge on any atom is -0.496 e. The van der Waals surface area contributed by atoms with Crippen LogP contribution in [0.5, 0.6) is 17.4 Å². The number of isocyanates is 1. The van der Waals surface area contributed by atoms with E-state index in [1.54, 1.807) is 20.1 Å². The summed E-state index contributed by atoms with van der Waals surface area (Å²) >= 11 is 0. The molecule has 0 bridgehead atoms. The van der Waals surface area contributed by atoms with Gasteiger partial charge in [0.05, 0.1) is 30.0 Å². The molecule has 280 valence electrons. The summed E-state index contributed by atoms with van der Waals surface area (Å²) in [6.45, 7) is 7.20. The van der Waals surface area contributed by atoms with Crippen LogP contribution in [0.3, 0.4) is 0 Å². The van der Waals surface area contributed by atoms with Crippen LogP contribution in [-0.2, 0) is 29.2 Å². The van der Waals surface area contributed by atoms with Crippen molar-refractivity contribution in [3.63, 3.8) is 0 Å². The molecular weight excluding hydrogens is 690 g/mol. The molecular formula is C37H47N5O9S. The fraction of sp³-hybridized carbons (Fsp3) is 0.595. The lowest BCUT2D eigenvalue weighted by Crippen LogP contribution is -2.57. The van der Waals surface area contributed by atoms with Crippen molar-refractivity contribution >= 4 is 44.7 Å². The molecule has 0 radical (unpaired) electrons. The van der Waals surface area contributed by atoms with Gasteiger partial charge >= 0.3 is 0 Å². The number of pyridine rings is 1. The number of allylic oxidation sites excluding steroid dienone is 1. The molecule has 2 aromatic rings. The van der Waals surface area contributed by atoms with Crippen LogP contribution in [0, 0.1) is 12.8 Å². The Morgan fingerprint density at radius 3 is 2.63 bits per heavy atom. The topological polar surface area (TPSA) is 183 Å². The van der Waals surface area contributed by atoms with Crippen molar-refractivity contribution in [1.82, 2.24) is 19.9 Å². The van der Waals surface area contributed by atoms with E-state index in [-0.39, 0.29) is 25.5 Å². The minimum atomic E-state index is -3.98. The van der Waals surface area contributed by atoms with Gasteiger partial charge in [-0.1, -0.05) is 25.0 Å². The third-order valence-corrected chi connectivity index (χ3v) is 12.8. The largest absolute Gasteiger partial charge is 0.496 e. The first-order valence-corrected chi connectivity index (χ1v) is 19.4. The average Bonchev–Trinajstić information content (AvgIpc) is 3.97. The first-order chi connectivity index (χ1) is 24.7. The Kier molecular flexibility index (Phi) is 10.4. The Bertz CT molecular complexity index is 1940. The van der Waals surface area contributed by atoms with E-state index in [1.165, 1.54) is 11.0 Å². The highest BCUT2D eigenvalue weighted by molar-refractivity contribution is 7.91. The van der Waals surface area contributed by atoms with Gasteiger partial charge in [-0.05, 0) is 78.4 Å². The fourth-order valence-electron chi connectivity index (χ4n) is 7.13. The van der Waals surface area contributed by atoms with Crippen LogP contribution in [0.1, 0.15) is 84.1 Å². The lowest BCUT2D eigenvalue weighted by atomic mass is 10.1. The first kappa shape index (κ1) is 37.3. The molecule has 15 heteroatoms. The van der Waals surface area contributed by atoms with E-state index in [9.17, 15) is 27.6 Å². The molecule has 3 fully saturated rings. The van der Waals surface area contributed by atoms with Gasteiger partial charge in [0.25, 0.3) is 5.91 Å². The highest BCUT2D eigenvalue weighted by Crippen LogP contribution is 2.47. The van der Waals surface area contributed by atoms with Gasteiger partial charge in [0.15, 0.2) is 0 Å². The van der Waals surface area contributed by atoms with E-state index >= 15 is 0 Å². The summed E-state index contributed by atoms with van der Waals surface area (Å²) in [7, 11) is -2.41. The maximum Gasteiger partial charge on any atom is 0.259 e. The maximum absolute atomic E-state index is 14.3. The average molecular weight is 738 g/mol. The number of nitrogens with zero attached hydrogens (tertiary/aromatic N) is 3. The van der Waals surface area contributed by atoms with Crippen molar-refractivity contribution in [2.24, 2.45) is 10.9 Å². The number of ether oxygens (including phenoxy) is 3. The predicted octanol–water partition coefficient (Wildman–Crippen LogP) is 3.79. The Labute approximate surface area is 303 Å². The Morgan fingerprint density at radius 2 is 1.94 bits per heavy atom. The monoisotopic (exact) mass is 737 g/mol. The Balaban J connectivity index is 1.34. The minimum absolute atomic E-state index is 0.0175. The third kappa shape index (κ3) is 7.38. The number of nitrogens with one attached hydrogen (secondary N) is 2. The van der Waals surface area contributed by atoms with Crippen LogP contribution < -0.4 is 24.2 Å². The van der Waals surface area contributed by atoms with Crippen LogP contribution >= 0.6 is 0 Å². The number of aromatic nitrogens is 1. The summed E-state index contributed by atoms with van der Waals surface area (Å²) in [6, 6.07) is 3.14. The van der Waals surface area contributed by atoms with Gasteiger partial charge in [0, 0.05) is 29.4 Å². The summed E-state index contributed by atoms with van der Waals surface area (Å²) in [5.41, 5.74) is -0.136. The second-order valence-electron chi connectivity index (χ2n) is 14.9. The van der Waals surface area contributed by atoms with E-state index in [0.717, 1.165) is 18.4 Å². The smallest absolute Gasteiger partial charge is 0.259 e. The predicted molar refractivity (Wildman–Crippen MR) is 191 cm³/mol. The van der Waals surface area contributed by atoms with Gasteiger partial charge in [-0.15, -0.1) is 0 Å². The number of aryl methyl sites for hydroxylation is 1. The number of sulfonamides is 1. The SMILES string of the molecule is COc1ccc2c(O[C@@H]3C[C@H]4C(=O)N[C@]5(C(=O)NS(=O)(=O)C6(C)CC6)C[C@H]5C=CCCCCC[C@H](N=C=O)C(=O)N4C3)cc(OC(C)C)nc2c1C. The Morgan fingerprint density at radius 1 is 1.17 bits per heavy atom. The van der Waals surface area contributed by atoms with Crippen LogP contribution in [0.4, 0.5) is 0 Å². The summed E-state index contributed by atoms with van der Waals surface area (Å²) in [6.07, 6.45) is 8.75. The normalized spacial score (nSPS) is 27.3. The molecule has 0 spiro atoms. The molecule has 2 N–H and O–H groups in total. The molecule has 3 amide bonds. The van der Waals surface area contributed by atoms with E-state index in [2.05, 4.69) is 15.0 Å². The highest BCUT2D eigenvalue weighted by Gasteiger charge is 2.63. The van der Waals surface area contributed by atoms with Gasteiger partial charge in [0.1, 0.15) is 35.2 Å². The van der Waals surface area contributed by atoms with Crippen LogP contribution in [-0.4, -0.2) is 90.3 Å². The number of methoxy groups -OCH3 is 1. The van der Waals surface area contributed by atoms with Gasteiger partial charge in [-0.2, -0.15) is 4.99 Å². The lowest BCUT2D eigenvalue weighted by molar-refractivity contribution is -0.140. The van der Waals surface area contributed by atoms with Gasteiger partial charge < -0.3 is 24.4 Å².